The van der Waals surface area contributed by atoms with E-state index in [9.17, 15) is 9.59 Å². The van der Waals surface area contributed by atoms with Gasteiger partial charge in [0, 0.05) is 17.8 Å². The van der Waals surface area contributed by atoms with Gasteiger partial charge in [0.25, 0.3) is 0 Å². The Morgan fingerprint density at radius 3 is 2.07 bits per heavy atom. The molecule has 0 bridgehead atoms. The van der Waals surface area contributed by atoms with Gasteiger partial charge in [-0.15, -0.1) is 0 Å². The van der Waals surface area contributed by atoms with Crippen LogP contribution in [-0.4, -0.2) is 29.8 Å². The standard InChI is InChI=1S/C22H29N3O2/c1-15(21(27)24-19-12-8-17(9-13-19)20(23)26)25(5)14-16-6-10-18(11-7-16)22(2,3)4/h6-13,15H,14H2,1-5H3,(H2,23,26)(H,24,27)/t15-/m0/s1. The van der Waals surface area contributed by atoms with Crippen molar-refractivity contribution in [3.8, 4) is 0 Å². The van der Waals surface area contributed by atoms with Crippen molar-refractivity contribution in [2.45, 2.75) is 45.7 Å². The first kappa shape index (κ1) is 20.6. The lowest BCUT2D eigenvalue weighted by Gasteiger charge is -2.25. The number of likely N-dealkylation sites (N-methyl/N-ethyl adjacent to an activating group) is 1. The third-order valence-corrected chi connectivity index (χ3v) is 4.73. The average Bonchev–Trinajstić information content (AvgIpc) is 2.61. The number of benzene rings is 2. The number of nitrogens with two attached hydrogens (primary N) is 1. The Hall–Kier alpha value is -2.66. The molecule has 2 rings (SSSR count). The van der Waals surface area contributed by atoms with Crippen LogP contribution in [-0.2, 0) is 16.8 Å². The molecule has 3 N–H and O–H groups in total. The largest absolute Gasteiger partial charge is 0.366 e. The van der Waals surface area contributed by atoms with Gasteiger partial charge in [0.15, 0.2) is 0 Å². The molecule has 0 aliphatic rings. The number of carbonyl (C=O) groups is 2. The lowest BCUT2D eigenvalue weighted by molar-refractivity contribution is -0.120. The number of rotatable bonds is 6. The van der Waals surface area contributed by atoms with Crippen LogP contribution in [0.2, 0.25) is 0 Å². The average molecular weight is 367 g/mol. The summed E-state index contributed by atoms with van der Waals surface area (Å²) in [5, 5.41) is 2.87. The zero-order chi connectivity index (χ0) is 20.2. The van der Waals surface area contributed by atoms with Crippen LogP contribution in [0.25, 0.3) is 0 Å². The van der Waals surface area contributed by atoms with Gasteiger partial charge < -0.3 is 11.1 Å². The first-order chi connectivity index (χ1) is 12.6. The zero-order valence-corrected chi connectivity index (χ0v) is 16.7. The van der Waals surface area contributed by atoms with Crippen molar-refractivity contribution in [1.29, 1.82) is 0 Å². The van der Waals surface area contributed by atoms with Crippen molar-refractivity contribution in [3.63, 3.8) is 0 Å². The van der Waals surface area contributed by atoms with Gasteiger partial charge in [-0.3, -0.25) is 14.5 Å². The summed E-state index contributed by atoms with van der Waals surface area (Å²) in [4.78, 5) is 25.6. The molecule has 2 aromatic rings. The molecule has 0 saturated carbocycles. The molecular weight excluding hydrogens is 338 g/mol. The van der Waals surface area contributed by atoms with Crippen LogP contribution in [0.5, 0.6) is 0 Å². The summed E-state index contributed by atoms with van der Waals surface area (Å²) in [6, 6.07) is 14.8. The van der Waals surface area contributed by atoms with Crippen LogP contribution in [0, 0.1) is 0 Å². The van der Waals surface area contributed by atoms with Gasteiger partial charge in [0.1, 0.15) is 0 Å². The topological polar surface area (TPSA) is 75.4 Å². The molecule has 2 amide bonds. The number of anilines is 1. The lowest BCUT2D eigenvalue weighted by Crippen LogP contribution is -2.39. The van der Waals surface area contributed by atoms with E-state index in [0.29, 0.717) is 17.8 Å². The molecule has 0 aliphatic carbocycles. The van der Waals surface area contributed by atoms with Crippen molar-refractivity contribution < 1.29 is 9.59 Å². The highest BCUT2D eigenvalue weighted by Crippen LogP contribution is 2.22. The maximum absolute atomic E-state index is 12.5. The van der Waals surface area contributed by atoms with Gasteiger partial charge in [-0.05, 0) is 54.8 Å². The molecule has 0 radical (unpaired) electrons. The van der Waals surface area contributed by atoms with Gasteiger partial charge in [-0.2, -0.15) is 0 Å². The summed E-state index contributed by atoms with van der Waals surface area (Å²) < 4.78 is 0. The van der Waals surface area contributed by atoms with Crippen LogP contribution < -0.4 is 11.1 Å². The first-order valence-corrected chi connectivity index (χ1v) is 9.08. The summed E-state index contributed by atoms with van der Waals surface area (Å²) >= 11 is 0. The van der Waals surface area contributed by atoms with Gasteiger partial charge >= 0.3 is 0 Å². The van der Waals surface area contributed by atoms with Crippen LogP contribution >= 0.6 is 0 Å². The third-order valence-electron chi connectivity index (χ3n) is 4.73. The van der Waals surface area contributed by atoms with Gasteiger partial charge in [-0.1, -0.05) is 45.0 Å². The molecule has 0 unspecified atom stereocenters. The Balaban J connectivity index is 1.96. The monoisotopic (exact) mass is 367 g/mol. The Kier molecular flexibility index (Phi) is 6.39. The van der Waals surface area contributed by atoms with E-state index in [4.69, 9.17) is 5.73 Å². The minimum atomic E-state index is -0.488. The summed E-state index contributed by atoms with van der Waals surface area (Å²) in [5.41, 5.74) is 8.86. The van der Waals surface area contributed by atoms with Crippen molar-refractivity contribution in [3.05, 3.63) is 65.2 Å². The van der Waals surface area contributed by atoms with E-state index < -0.39 is 5.91 Å². The number of hydrogen-bond donors (Lipinski definition) is 2. The van der Waals surface area contributed by atoms with Crippen molar-refractivity contribution in [2.24, 2.45) is 5.73 Å². The Bertz CT molecular complexity index is 790. The highest BCUT2D eigenvalue weighted by Gasteiger charge is 2.19. The molecule has 0 spiro atoms. The Labute approximate surface area is 161 Å². The van der Waals surface area contributed by atoms with Gasteiger partial charge in [0.2, 0.25) is 11.8 Å². The molecule has 1 atom stereocenters. The SMILES string of the molecule is C[C@@H](C(=O)Nc1ccc(C(N)=O)cc1)N(C)Cc1ccc(C(C)(C)C)cc1. The van der Waals surface area contributed by atoms with E-state index >= 15 is 0 Å². The van der Waals surface area contributed by atoms with Crippen LogP contribution in [0.4, 0.5) is 5.69 Å². The number of carbonyl (C=O) groups excluding carboxylic acids is 2. The molecule has 2 aromatic carbocycles. The lowest BCUT2D eigenvalue weighted by atomic mass is 9.87. The van der Waals surface area contributed by atoms with E-state index in [1.165, 1.54) is 5.56 Å². The molecule has 0 saturated heterocycles. The minimum Gasteiger partial charge on any atom is -0.366 e. The molecule has 0 aromatic heterocycles. The summed E-state index contributed by atoms with van der Waals surface area (Å²) in [7, 11) is 1.93. The molecular formula is C22H29N3O2. The fourth-order valence-electron chi connectivity index (χ4n) is 2.70. The van der Waals surface area contributed by atoms with Gasteiger partial charge in [0.05, 0.1) is 6.04 Å². The number of primary amides is 1. The number of nitrogens with one attached hydrogen (secondary N) is 1. The van der Waals surface area contributed by atoms with Crippen LogP contribution in [0.3, 0.4) is 0 Å². The third kappa shape index (κ3) is 5.66. The van der Waals surface area contributed by atoms with Crippen LogP contribution in [0.15, 0.2) is 48.5 Å². The molecule has 5 heteroatoms. The minimum absolute atomic E-state index is 0.101. The van der Waals surface area contributed by atoms with E-state index in [-0.39, 0.29) is 17.4 Å². The second-order valence-electron chi connectivity index (χ2n) is 7.97. The predicted molar refractivity (Wildman–Crippen MR) is 110 cm³/mol. The maximum atomic E-state index is 12.5. The molecule has 144 valence electrons. The smallest absolute Gasteiger partial charge is 0.248 e. The Morgan fingerprint density at radius 1 is 1.04 bits per heavy atom. The van der Waals surface area contributed by atoms with Gasteiger partial charge in [-0.25, -0.2) is 0 Å². The van der Waals surface area contributed by atoms with Crippen molar-refractivity contribution in [2.75, 3.05) is 12.4 Å². The quantitative estimate of drug-likeness (QED) is 0.820. The first-order valence-electron chi connectivity index (χ1n) is 9.08. The van der Waals surface area contributed by atoms with Crippen molar-refractivity contribution in [1.82, 2.24) is 4.90 Å². The normalized spacial score (nSPS) is 12.7. The summed E-state index contributed by atoms with van der Waals surface area (Å²) in [5.74, 6) is -0.589. The number of amides is 2. The molecule has 0 fully saturated rings. The Morgan fingerprint density at radius 2 is 1.59 bits per heavy atom. The number of nitrogens with zero attached hydrogens (tertiary/aromatic N) is 1. The second kappa shape index (κ2) is 8.35. The van der Waals surface area contributed by atoms with Crippen molar-refractivity contribution >= 4 is 17.5 Å². The predicted octanol–water partition coefficient (Wildman–Crippen LogP) is 3.54. The van der Waals surface area contributed by atoms with E-state index in [2.05, 4.69) is 50.4 Å². The zero-order valence-electron chi connectivity index (χ0n) is 16.7. The molecule has 5 nitrogen and oxygen atoms in total. The van der Waals surface area contributed by atoms with Crippen LogP contribution in [0.1, 0.15) is 49.2 Å². The fraction of sp³-hybridized carbons (Fsp3) is 0.364. The maximum Gasteiger partial charge on any atom is 0.248 e. The van der Waals surface area contributed by atoms with E-state index in [1.807, 2.05) is 18.9 Å². The van der Waals surface area contributed by atoms with E-state index in [1.54, 1.807) is 24.3 Å². The number of hydrogen-bond acceptors (Lipinski definition) is 3. The second-order valence-corrected chi connectivity index (χ2v) is 7.97. The molecule has 0 heterocycles. The fourth-order valence-corrected chi connectivity index (χ4v) is 2.70. The molecule has 27 heavy (non-hydrogen) atoms. The summed E-state index contributed by atoms with van der Waals surface area (Å²) in [6.45, 7) is 9.12. The highest BCUT2D eigenvalue weighted by molar-refractivity contribution is 5.96. The molecule has 0 aliphatic heterocycles. The highest BCUT2D eigenvalue weighted by atomic mass is 16.2. The summed E-state index contributed by atoms with van der Waals surface area (Å²) in [6.07, 6.45) is 0. The van der Waals surface area contributed by atoms with E-state index in [0.717, 1.165) is 5.56 Å².